The van der Waals surface area contributed by atoms with E-state index < -0.39 is 0 Å². The fourth-order valence-electron chi connectivity index (χ4n) is 1.87. The molecule has 0 saturated carbocycles. The van der Waals surface area contributed by atoms with Gasteiger partial charge in [-0.1, -0.05) is 20.3 Å². The Balaban J connectivity index is 2.12. The van der Waals surface area contributed by atoms with Crippen molar-refractivity contribution in [3.8, 4) is 0 Å². The summed E-state index contributed by atoms with van der Waals surface area (Å²) in [6.45, 7) is 6.40. The second-order valence-corrected chi connectivity index (χ2v) is 5.14. The van der Waals surface area contributed by atoms with Gasteiger partial charge in [-0.3, -0.25) is 0 Å². The van der Waals surface area contributed by atoms with Crippen LogP contribution in [0.2, 0.25) is 0 Å². The van der Waals surface area contributed by atoms with E-state index in [9.17, 15) is 8.78 Å². The van der Waals surface area contributed by atoms with Gasteiger partial charge >= 0.3 is 0 Å². The maximum atomic E-state index is 13.3. The molecule has 18 heavy (non-hydrogen) atoms. The van der Waals surface area contributed by atoms with Crippen molar-refractivity contribution in [3.05, 3.63) is 35.4 Å². The SMILES string of the molecule is CC(C)CNCCCCCc1cc(F)ccc1F. The van der Waals surface area contributed by atoms with Crippen LogP contribution >= 0.6 is 0 Å². The van der Waals surface area contributed by atoms with E-state index in [0.717, 1.165) is 38.4 Å². The average Bonchev–Trinajstić information content (AvgIpc) is 2.32. The van der Waals surface area contributed by atoms with Crippen molar-refractivity contribution < 1.29 is 8.78 Å². The highest BCUT2D eigenvalue weighted by molar-refractivity contribution is 5.18. The van der Waals surface area contributed by atoms with E-state index >= 15 is 0 Å². The molecule has 0 radical (unpaired) electrons. The molecule has 0 spiro atoms. The lowest BCUT2D eigenvalue weighted by molar-refractivity contribution is 0.527. The van der Waals surface area contributed by atoms with E-state index in [1.54, 1.807) is 0 Å². The van der Waals surface area contributed by atoms with Crippen LogP contribution in [0.4, 0.5) is 8.78 Å². The Hall–Kier alpha value is -0.960. The Morgan fingerprint density at radius 1 is 1.11 bits per heavy atom. The van der Waals surface area contributed by atoms with Gasteiger partial charge in [0.1, 0.15) is 11.6 Å². The Labute approximate surface area is 109 Å². The first kappa shape index (κ1) is 15.1. The van der Waals surface area contributed by atoms with Gasteiger partial charge in [-0.25, -0.2) is 8.78 Å². The molecule has 1 aromatic carbocycles. The Morgan fingerprint density at radius 3 is 2.61 bits per heavy atom. The highest BCUT2D eigenvalue weighted by Crippen LogP contribution is 2.13. The van der Waals surface area contributed by atoms with Crippen LogP contribution in [-0.2, 0) is 6.42 Å². The topological polar surface area (TPSA) is 12.0 Å². The van der Waals surface area contributed by atoms with Crippen LogP contribution in [0.3, 0.4) is 0 Å². The highest BCUT2D eigenvalue weighted by atomic mass is 19.1. The summed E-state index contributed by atoms with van der Waals surface area (Å²) in [6, 6.07) is 3.66. The smallest absolute Gasteiger partial charge is 0.126 e. The number of nitrogens with one attached hydrogen (secondary N) is 1. The van der Waals surface area contributed by atoms with Crippen molar-refractivity contribution in [1.82, 2.24) is 5.32 Å². The van der Waals surface area contributed by atoms with Gasteiger partial charge in [0.15, 0.2) is 0 Å². The van der Waals surface area contributed by atoms with Gasteiger partial charge in [-0.05, 0) is 62.0 Å². The van der Waals surface area contributed by atoms with Crippen LogP contribution in [-0.4, -0.2) is 13.1 Å². The lowest BCUT2D eigenvalue weighted by atomic mass is 10.1. The van der Waals surface area contributed by atoms with E-state index in [1.807, 2.05) is 0 Å². The molecule has 0 aliphatic heterocycles. The molecule has 0 aliphatic rings. The minimum absolute atomic E-state index is 0.297. The van der Waals surface area contributed by atoms with Crippen LogP contribution in [0.5, 0.6) is 0 Å². The summed E-state index contributed by atoms with van der Waals surface area (Å²) < 4.78 is 26.2. The first-order valence-electron chi connectivity index (χ1n) is 6.74. The van der Waals surface area contributed by atoms with Gasteiger partial charge < -0.3 is 5.32 Å². The van der Waals surface area contributed by atoms with Crippen molar-refractivity contribution in [3.63, 3.8) is 0 Å². The fraction of sp³-hybridized carbons (Fsp3) is 0.600. The zero-order chi connectivity index (χ0) is 13.4. The van der Waals surface area contributed by atoms with E-state index in [-0.39, 0.29) is 11.6 Å². The third-order valence-corrected chi connectivity index (χ3v) is 2.86. The molecule has 0 aliphatic carbocycles. The maximum Gasteiger partial charge on any atom is 0.126 e. The number of halogens is 2. The highest BCUT2D eigenvalue weighted by Gasteiger charge is 2.03. The van der Waals surface area contributed by atoms with Gasteiger partial charge in [0, 0.05) is 0 Å². The summed E-state index contributed by atoms with van der Waals surface area (Å²) in [5.41, 5.74) is 0.491. The Morgan fingerprint density at radius 2 is 1.89 bits per heavy atom. The molecule has 3 heteroatoms. The molecule has 1 N–H and O–H groups in total. The molecule has 0 saturated heterocycles. The van der Waals surface area contributed by atoms with E-state index in [2.05, 4.69) is 19.2 Å². The summed E-state index contributed by atoms with van der Waals surface area (Å²) in [6.07, 6.45) is 3.65. The first-order valence-corrected chi connectivity index (χ1v) is 6.74. The average molecular weight is 255 g/mol. The molecule has 1 aromatic rings. The van der Waals surface area contributed by atoms with Crippen molar-refractivity contribution in [2.45, 2.75) is 39.5 Å². The van der Waals surface area contributed by atoms with Gasteiger partial charge in [-0.2, -0.15) is 0 Å². The van der Waals surface area contributed by atoms with Crippen LogP contribution in [0.25, 0.3) is 0 Å². The molecule has 0 unspecified atom stereocenters. The molecule has 1 nitrogen and oxygen atoms in total. The zero-order valence-electron chi connectivity index (χ0n) is 11.3. The fourth-order valence-corrected chi connectivity index (χ4v) is 1.87. The second kappa shape index (κ2) is 8.20. The minimum Gasteiger partial charge on any atom is -0.316 e. The van der Waals surface area contributed by atoms with Crippen LogP contribution < -0.4 is 5.32 Å². The quantitative estimate of drug-likeness (QED) is 0.694. The monoisotopic (exact) mass is 255 g/mol. The normalized spacial score (nSPS) is 11.2. The summed E-state index contributed by atoms with van der Waals surface area (Å²) in [7, 11) is 0. The number of rotatable bonds is 8. The van der Waals surface area contributed by atoms with Gasteiger partial charge in [-0.15, -0.1) is 0 Å². The van der Waals surface area contributed by atoms with Gasteiger partial charge in [0.25, 0.3) is 0 Å². The van der Waals surface area contributed by atoms with Crippen LogP contribution in [0.15, 0.2) is 18.2 Å². The largest absolute Gasteiger partial charge is 0.316 e. The van der Waals surface area contributed by atoms with E-state index in [0.29, 0.717) is 17.9 Å². The Bertz CT molecular complexity index is 350. The third kappa shape index (κ3) is 6.10. The molecule has 0 atom stereocenters. The summed E-state index contributed by atoms with van der Waals surface area (Å²) in [5.74, 6) is 0.0192. The molecule has 0 amide bonds. The summed E-state index contributed by atoms with van der Waals surface area (Å²) >= 11 is 0. The number of aryl methyl sites for hydroxylation is 1. The Kier molecular flexibility index (Phi) is 6.88. The standard InChI is InChI=1S/C15H23F2N/c1-12(2)11-18-9-5-3-4-6-13-10-14(16)7-8-15(13)17/h7-8,10,12,18H,3-6,9,11H2,1-2H3. The first-order chi connectivity index (χ1) is 8.59. The summed E-state index contributed by atoms with van der Waals surface area (Å²) in [5, 5.41) is 3.37. The van der Waals surface area contributed by atoms with E-state index in [1.165, 1.54) is 12.1 Å². The second-order valence-electron chi connectivity index (χ2n) is 5.14. The molecule has 1 rings (SSSR count). The zero-order valence-corrected chi connectivity index (χ0v) is 11.3. The number of benzene rings is 1. The third-order valence-electron chi connectivity index (χ3n) is 2.86. The van der Waals surface area contributed by atoms with E-state index in [4.69, 9.17) is 0 Å². The number of hydrogen-bond acceptors (Lipinski definition) is 1. The van der Waals surface area contributed by atoms with Crippen molar-refractivity contribution in [2.24, 2.45) is 5.92 Å². The number of unbranched alkanes of at least 4 members (excludes halogenated alkanes) is 2. The lowest BCUT2D eigenvalue weighted by Crippen LogP contribution is -2.20. The minimum atomic E-state index is -0.356. The molecule has 0 aromatic heterocycles. The van der Waals surface area contributed by atoms with Crippen molar-refractivity contribution in [2.75, 3.05) is 13.1 Å². The van der Waals surface area contributed by atoms with Crippen molar-refractivity contribution >= 4 is 0 Å². The molecular weight excluding hydrogens is 232 g/mol. The van der Waals surface area contributed by atoms with Crippen molar-refractivity contribution in [1.29, 1.82) is 0 Å². The predicted molar refractivity (Wildman–Crippen MR) is 71.6 cm³/mol. The number of hydrogen-bond donors (Lipinski definition) is 1. The predicted octanol–water partition coefficient (Wildman–Crippen LogP) is 3.92. The molecule has 0 bridgehead atoms. The molecule has 0 heterocycles. The molecule has 102 valence electrons. The summed E-state index contributed by atoms with van der Waals surface area (Å²) in [4.78, 5) is 0. The maximum absolute atomic E-state index is 13.3. The van der Waals surface area contributed by atoms with Gasteiger partial charge in [0.05, 0.1) is 0 Å². The molecular formula is C15H23F2N. The van der Waals surface area contributed by atoms with Crippen LogP contribution in [0, 0.1) is 17.6 Å². The van der Waals surface area contributed by atoms with Crippen LogP contribution in [0.1, 0.15) is 38.7 Å². The van der Waals surface area contributed by atoms with Gasteiger partial charge in [0.2, 0.25) is 0 Å². The lowest BCUT2D eigenvalue weighted by Gasteiger charge is -2.07. The molecule has 0 fully saturated rings.